The molecule has 0 heterocycles. The zero-order chi connectivity index (χ0) is 10.7. The Morgan fingerprint density at radius 1 is 1.21 bits per heavy atom. The van der Waals surface area contributed by atoms with Gasteiger partial charge in [-0.1, -0.05) is 0 Å². The Labute approximate surface area is 81.6 Å². The van der Waals surface area contributed by atoms with E-state index in [1.165, 1.54) is 6.07 Å². The number of rotatable bonds is 1. The smallest absolute Gasteiger partial charge is 0.143 e. The second-order valence-electron chi connectivity index (χ2n) is 2.94. The number of nitrogens with zero attached hydrogens (tertiary/aromatic N) is 3. The average Bonchev–Trinajstić information content (AvgIpc) is 2.17. The number of hydrogen-bond acceptors (Lipinski definition) is 3. The third-order valence-corrected chi connectivity index (χ3v) is 1.81. The van der Waals surface area contributed by atoms with Gasteiger partial charge in [-0.3, -0.25) is 0 Å². The topological polar surface area (TPSA) is 50.8 Å². The Morgan fingerprint density at radius 2 is 1.86 bits per heavy atom. The van der Waals surface area contributed by atoms with E-state index in [1.54, 1.807) is 25.1 Å². The minimum atomic E-state index is -0.602. The quantitative estimate of drug-likeness (QED) is 0.674. The van der Waals surface area contributed by atoms with Gasteiger partial charge >= 0.3 is 0 Å². The van der Waals surface area contributed by atoms with Crippen molar-refractivity contribution >= 4 is 5.69 Å². The van der Waals surface area contributed by atoms with Crippen LogP contribution >= 0.6 is 0 Å². The zero-order valence-electron chi connectivity index (χ0n) is 7.87. The number of hydrogen-bond donors (Lipinski definition) is 0. The van der Waals surface area contributed by atoms with Gasteiger partial charge in [0.25, 0.3) is 0 Å². The highest BCUT2D eigenvalue weighted by molar-refractivity contribution is 5.67. The average molecular weight is 189 g/mol. The summed E-state index contributed by atoms with van der Waals surface area (Å²) >= 11 is 0. The molecule has 0 radical (unpaired) electrons. The second-order valence-corrected chi connectivity index (χ2v) is 2.94. The molecule has 0 aliphatic carbocycles. The molecule has 0 fully saturated rings. The SMILES string of the molecule is CN(C)c1c(C#N)ccc(F)c1C#N. The molecule has 70 valence electrons. The molecule has 3 nitrogen and oxygen atoms in total. The van der Waals surface area contributed by atoms with Crippen LogP contribution in [0.1, 0.15) is 11.1 Å². The van der Waals surface area contributed by atoms with Crippen LogP contribution in [0, 0.1) is 28.5 Å². The lowest BCUT2D eigenvalue weighted by molar-refractivity contribution is 0.623. The molecule has 0 bridgehead atoms. The monoisotopic (exact) mass is 189 g/mol. The van der Waals surface area contributed by atoms with Crippen molar-refractivity contribution < 1.29 is 4.39 Å². The highest BCUT2D eigenvalue weighted by Gasteiger charge is 2.14. The van der Waals surface area contributed by atoms with Crippen molar-refractivity contribution in [1.29, 1.82) is 10.5 Å². The van der Waals surface area contributed by atoms with Gasteiger partial charge < -0.3 is 4.90 Å². The summed E-state index contributed by atoms with van der Waals surface area (Å²) in [7, 11) is 3.33. The van der Waals surface area contributed by atoms with E-state index in [4.69, 9.17) is 10.5 Å². The van der Waals surface area contributed by atoms with Crippen LogP contribution in [-0.2, 0) is 0 Å². The predicted molar refractivity (Wildman–Crippen MR) is 50.2 cm³/mol. The number of anilines is 1. The van der Waals surface area contributed by atoms with Crippen molar-refractivity contribution in [2.75, 3.05) is 19.0 Å². The highest BCUT2D eigenvalue weighted by atomic mass is 19.1. The molecule has 0 aliphatic heterocycles. The van der Waals surface area contributed by atoms with Crippen LogP contribution in [0.25, 0.3) is 0 Å². The van der Waals surface area contributed by atoms with E-state index < -0.39 is 5.82 Å². The third kappa shape index (κ3) is 1.51. The lowest BCUT2D eigenvalue weighted by Crippen LogP contribution is -2.13. The summed E-state index contributed by atoms with van der Waals surface area (Å²) in [5, 5.41) is 17.5. The van der Waals surface area contributed by atoms with Crippen LogP contribution in [0.4, 0.5) is 10.1 Å². The first kappa shape index (κ1) is 10.0. The molecule has 0 aliphatic rings. The highest BCUT2D eigenvalue weighted by Crippen LogP contribution is 2.25. The summed E-state index contributed by atoms with van der Waals surface area (Å²) in [6.07, 6.45) is 0. The fourth-order valence-corrected chi connectivity index (χ4v) is 1.23. The summed E-state index contributed by atoms with van der Waals surface area (Å²) in [6.45, 7) is 0. The first-order valence-corrected chi connectivity index (χ1v) is 3.91. The van der Waals surface area contributed by atoms with Crippen LogP contribution in [0.5, 0.6) is 0 Å². The summed E-state index contributed by atoms with van der Waals surface area (Å²) in [5.41, 5.74) is 0.539. The molecular formula is C10H8FN3. The summed E-state index contributed by atoms with van der Waals surface area (Å²) in [5.74, 6) is -0.602. The summed E-state index contributed by atoms with van der Waals surface area (Å²) in [4.78, 5) is 1.56. The van der Waals surface area contributed by atoms with E-state index in [-0.39, 0.29) is 5.56 Å². The lowest BCUT2D eigenvalue weighted by Gasteiger charge is -2.15. The molecule has 1 rings (SSSR count). The van der Waals surface area contributed by atoms with E-state index in [2.05, 4.69) is 0 Å². The Bertz CT molecular complexity index is 438. The van der Waals surface area contributed by atoms with Crippen LogP contribution in [0.15, 0.2) is 12.1 Å². The fraction of sp³-hybridized carbons (Fsp3) is 0.200. The molecular weight excluding hydrogens is 181 g/mol. The van der Waals surface area contributed by atoms with Crippen molar-refractivity contribution in [2.45, 2.75) is 0 Å². The predicted octanol–water partition coefficient (Wildman–Crippen LogP) is 1.64. The third-order valence-electron chi connectivity index (χ3n) is 1.81. The van der Waals surface area contributed by atoms with E-state index in [9.17, 15) is 4.39 Å². The van der Waals surface area contributed by atoms with Gasteiger partial charge in [0, 0.05) is 14.1 Å². The minimum Gasteiger partial charge on any atom is -0.375 e. The zero-order valence-corrected chi connectivity index (χ0v) is 7.87. The fourth-order valence-electron chi connectivity index (χ4n) is 1.23. The molecule has 0 N–H and O–H groups in total. The molecule has 0 unspecified atom stereocenters. The molecule has 1 aromatic rings. The van der Waals surface area contributed by atoms with Gasteiger partial charge in [-0.05, 0) is 12.1 Å². The first-order chi connectivity index (χ1) is 6.61. The Kier molecular flexibility index (Phi) is 2.69. The van der Waals surface area contributed by atoms with Crippen molar-refractivity contribution in [2.24, 2.45) is 0 Å². The Balaban J connectivity index is 3.56. The summed E-state index contributed by atoms with van der Waals surface area (Å²) < 4.78 is 13.2. The molecule has 0 saturated heterocycles. The summed E-state index contributed by atoms with van der Waals surface area (Å²) in [6, 6.07) is 6.17. The van der Waals surface area contributed by atoms with E-state index >= 15 is 0 Å². The maximum Gasteiger partial charge on any atom is 0.143 e. The van der Waals surface area contributed by atoms with E-state index in [1.807, 2.05) is 6.07 Å². The van der Waals surface area contributed by atoms with E-state index in [0.717, 1.165) is 6.07 Å². The van der Waals surface area contributed by atoms with E-state index in [0.29, 0.717) is 11.3 Å². The van der Waals surface area contributed by atoms with Gasteiger partial charge in [-0.15, -0.1) is 0 Å². The normalized spacial score (nSPS) is 8.93. The molecule has 0 saturated carbocycles. The first-order valence-electron chi connectivity index (χ1n) is 3.91. The van der Waals surface area contributed by atoms with Crippen LogP contribution in [0.3, 0.4) is 0 Å². The molecule has 0 aromatic heterocycles. The Morgan fingerprint density at radius 3 is 2.29 bits per heavy atom. The number of nitriles is 2. The molecule has 1 aromatic carbocycles. The molecule has 0 amide bonds. The molecule has 14 heavy (non-hydrogen) atoms. The molecule has 0 atom stereocenters. The lowest BCUT2D eigenvalue weighted by atomic mass is 10.1. The van der Waals surface area contributed by atoms with Crippen molar-refractivity contribution in [3.63, 3.8) is 0 Å². The molecule has 4 heteroatoms. The number of benzene rings is 1. The van der Waals surface area contributed by atoms with Crippen LogP contribution < -0.4 is 4.90 Å². The van der Waals surface area contributed by atoms with Gasteiger partial charge in [-0.2, -0.15) is 10.5 Å². The van der Waals surface area contributed by atoms with Crippen molar-refractivity contribution in [3.8, 4) is 12.1 Å². The van der Waals surface area contributed by atoms with Gasteiger partial charge in [-0.25, -0.2) is 4.39 Å². The van der Waals surface area contributed by atoms with Gasteiger partial charge in [0.2, 0.25) is 0 Å². The minimum absolute atomic E-state index is 0.0888. The van der Waals surface area contributed by atoms with Gasteiger partial charge in [0.15, 0.2) is 0 Å². The van der Waals surface area contributed by atoms with Gasteiger partial charge in [0.05, 0.1) is 11.3 Å². The standard InChI is InChI=1S/C10H8FN3/c1-14(2)10-7(5-12)3-4-9(11)8(10)6-13/h3-4H,1-2H3. The van der Waals surface area contributed by atoms with Crippen molar-refractivity contribution in [3.05, 3.63) is 29.1 Å². The largest absolute Gasteiger partial charge is 0.375 e. The maximum absolute atomic E-state index is 13.2. The Hall–Kier alpha value is -2.07. The molecule has 0 spiro atoms. The number of halogens is 1. The van der Waals surface area contributed by atoms with Gasteiger partial charge in [0.1, 0.15) is 23.5 Å². The maximum atomic E-state index is 13.2. The van der Waals surface area contributed by atoms with Crippen LogP contribution in [0.2, 0.25) is 0 Å². The van der Waals surface area contributed by atoms with Crippen LogP contribution in [-0.4, -0.2) is 14.1 Å². The second kappa shape index (κ2) is 3.76. The van der Waals surface area contributed by atoms with Crippen molar-refractivity contribution in [1.82, 2.24) is 0 Å².